The first kappa shape index (κ1) is 21.0. The minimum absolute atomic E-state index is 0.112. The predicted octanol–water partition coefficient (Wildman–Crippen LogP) is 0.0139. The summed E-state index contributed by atoms with van der Waals surface area (Å²) in [7, 11) is 0. The zero-order valence-electron chi connectivity index (χ0n) is 16.0. The number of aliphatic hydroxyl groups excluding tert-OH is 4. The van der Waals surface area contributed by atoms with E-state index in [1.165, 1.54) is 0 Å². The number of nitrogens with zero attached hydrogens (tertiary/aromatic N) is 1. The van der Waals surface area contributed by atoms with Crippen LogP contribution >= 0.6 is 0 Å². The second kappa shape index (κ2) is 9.19. The highest BCUT2D eigenvalue weighted by Gasteiger charge is 2.44. The van der Waals surface area contributed by atoms with Crippen LogP contribution in [0.1, 0.15) is 31.7 Å². The fraction of sp³-hybridized carbons (Fsp3) is 0.650. The van der Waals surface area contributed by atoms with Crippen LogP contribution in [0.4, 0.5) is 0 Å². The molecular formula is C20H29NO7. The number of likely N-dealkylation sites (tertiary alicyclic amines) is 1. The van der Waals surface area contributed by atoms with Crippen molar-refractivity contribution in [3.05, 3.63) is 29.8 Å². The van der Waals surface area contributed by atoms with Gasteiger partial charge in [-0.1, -0.05) is 31.5 Å². The van der Waals surface area contributed by atoms with E-state index < -0.39 is 37.3 Å². The normalized spacial score (nSPS) is 33.8. The molecule has 6 atom stereocenters. The van der Waals surface area contributed by atoms with Gasteiger partial charge in [-0.05, 0) is 18.4 Å². The molecular weight excluding hydrogens is 366 g/mol. The molecule has 2 fully saturated rings. The number of hydrogen-bond acceptors (Lipinski definition) is 7. The molecule has 2 aliphatic rings. The Labute approximate surface area is 164 Å². The lowest BCUT2D eigenvalue weighted by molar-refractivity contribution is -0.277. The Morgan fingerprint density at radius 3 is 2.61 bits per heavy atom. The molecule has 0 bridgehead atoms. The lowest BCUT2D eigenvalue weighted by Crippen LogP contribution is -2.60. The Morgan fingerprint density at radius 2 is 1.93 bits per heavy atom. The maximum Gasteiger partial charge on any atom is 0.229 e. The molecule has 0 radical (unpaired) electrons. The molecule has 28 heavy (non-hydrogen) atoms. The highest BCUT2D eigenvalue weighted by Crippen LogP contribution is 2.29. The Hall–Kier alpha value is -1.71. The quantitative estimate of drug-likeness (QED) is 0.536. The Balaban J connectivity index is 1.71. The van der Waals surface area contributed by atoms with Crippen LogP contribution < -0.4 is 4.74 Å². The maximum absolute atomic E-state index is 12.4. The van der Waals surface area contributed by atoms with E-state index in [4.69, 9.17) is 9.47 Å². The molecule has 1 aromatic carbocycles. The summed E-state index contributed by atoms with van der Waals surface area (Å²) < 4.78 is 11.2. The molecule has 4 N–H and O–H groups in total. The van der Waals surface area contributed by atoms with Gasteiger partial charge in [0.25, 0.3) is 0 Å². The first-order valence-corrected chi connectivity index (χ1v) is 9.77. The van der Waals surface area contributed by atoms with Crippen molar-refractivity contribution in [3.63, 3.8) is 0 Å². The van der Waals surface area contributed by atoms with Gasteiger partial charge in [0, 0.05) is 25.1 Å². The Bertz CT molecular complexity index is 668. The zero-order chi connectivity index (χ0) is 20.3. The number of aliphatic hydroxyl groups is 4. The number of piperidine rings is 1. The third kappa shape index (κ3) is 4.47. The van der Waals surface area contributed by atoms with Gasteiger partial charge in [-0.3, -0.25) is 4.79 Å². The van der Waals surface area contributed by atoms with Crippen molar-refractivity contribution in [1.82, 2.24) is 4.90 Å². The van der Waals surface area contributed by atoms with E-state index in [0.717, 1.165) is 18.4 Å². The van der Waals surface area contributed by atoms with Gasteiger partial charge in [0.1, 0.15) is 30.2 Å². The van der Waals surface area contributed by atoms with Gasteiger partial charge < -0.3 is 34.8 Å². The first-order valence-electron chi connectivity index (χ1n) is 9.77. The number of ether oxygens (including phenoxy) is 2. The van der Waals surface area contributed by atoms with E-state index in [0.29, 0.717) is 31.2 Å². The second-order valence-electron chi connectivity index (χ2n) is 7.51. The number of para-hydroxylation sites is 1. The number of rotatable bonds is 6. The molecule has 2 aliphatic heterocycles. The van der Waals surface area contributed by atoms with Crippen LogP contribution in [0.15, 0.2) is 24.3 Å². The van der Waals surface area contributed by atoms with E-state index >= 15 is 0 Å². The molecule has 156 valence electrons. The molecule has 1 amide bonds. The lowest BCUT2D eigenvalue weighted by atomic mass is 9.93. The van der Waals surface area contributed by atoms with Gasteiger partial charge in [0.05, 0.1) is 6.61 Å². The van der Waals surface area contributed by atoms with Crippen molar-refractivity contribution >= 4 is 5.91 Å². The second-order valence-corrected chi connectivity index (χ2v) is 7.51. The van der Waals surface area contributed by atoms with Gasteiger partial charge in [0.2, 0.25) is 12.2 Å². The fourth-order valence-corrected chi connectivity index (χ4v) is 3.70. The zero-order valence-corrected chi connectivity index (χ0v) is 16.0. The van der Waals surface area contributed by atoms with Crippen LogP contribution in [0.25, 0.3) is 0 Å². The third-order valence-electron chi connectivity index (χ3n) is 5.63. The van der Waals surface area contributed by atoms with Gasteiger partial charge >= 0.3 is 0 Å². The largest absolute Gasteiger partial charge is 0.462 e. The number of carbonyl (C=O) groups is 1. The van der Waals surface area contributed by atoms with Crippen LogP contribution in [-0.4, -0.2) is 75.1 Å². The summed E-state index contributed by atoms with van der Waals surface area (Å²) >= 11 is 0. The van der Waals surface area contributed by atoms with Gasteiger partial charge in [-0.2, -0.15) is 0 Å². The van der Waals surface area contributed by atoms with Gasteiger partial charge in [-0.15, -0.1) is 0 Å². The van der Waals surface area contributed by atoms with E-state index in [-0.39, 0.29) is 5.91 Å². The fourth-order valence-electron chi connectivity index (χ4n) is 3.70. The van der Waals surface area contributed by atoms with Gasteiger partial charge in [-0.25, -0.2) is 0 Å². The van der Waals surface area contributed by atoms with Gasteiger partial charge in [0.15, 0.2) is 0 Å². The van der Waals surface area contributed by atoms with Crippen LogP contribution in [0, 0.1) is 5.92 Å². The topological polar surface area (TPSA) is 120 Å². The first-order chi connectivity index (χ1) is 13.4. The molecule has 8 nitrogen and oxygen atoms in total. The summed E-state index contributed by atoms with van der Waals surface area (Å²) in [5.41, 5.74) is 0.753. The third-order valence-corrected chi connectivity index (χ3v) is 5.63. The van der Waals surface area contributed by atoms with Crippen LogP contribution in [0.5, 0.6) is 5.75 Å². The molecule has 0 spiro atoms. The average Bonchev–Trinajstić information content (AvgIpc) is 2.71. The van der Waals surface area contributed by atoms with Crippen molar-refractivity contribution in [3.8, 4) is 5.75 Å². The summed E-state index contributed by atoms with van der Waals surface area (Å²) in [4.78, 5) is 14.2. The molecule has 0 saturated carbocycles. The van der Waals surface area contributed by atoms with E-state index in [9.17, 15) is 25.2 Å². The molecule has 2 saturated heterocycles. The summed E-state index contributed by atoms with van der Waals surface area (Å²) in [6.45, 7) is 2.64. The summed E-state index contributed by atoms with van der Waals surface area (Å²) in [5, 5.41) is 39.3. The molecule has 1 aromatic rings. The van der Waals surface area contributed by atoms with Crippen LogP contribution in [0.2, 0.25) is 0 Å². The van der Waals surface area contributed by atoms with E-state index in [2.05, 4.69) is 6.92 Å². The minimum atomic E-state index is -1.50. The number of amides is 1. The Morgan fingerprint density at radius 1 is 1.18 bits per heavy atom. The van der Waals surface area contributed by atoms with Crippen molar-refractivity contribution in [2.24, 2.45) is 5.92 Å². The van der Waals surface area contributed by atoms with Crippen LogP contribution in [-0.2, 0) is 16.1 Å². The molecule has 8 heteroatoms. The smallest absolute Gasteiger partial charge is 0.229 e. The number of carbonyl (C=O) groups excluding carboxylic acids is 1. The SMILES string of the molecule is CCC1CCN(Cc2ccccc2O[C@@H]2O[C@H](CO)[C@@H](O)[C@H](O)[C@H]2O)C(=O)C1. The van der Waals surface area contributed by atoms with E-state index in [1.54, 1.807) is 17.0 Å². The summed E-state index contributed by atoms with van der Waals surface area (Å²) in [6.07, 6.45) is -4.19. The monoisotopic (exact) mass is 395 g/mol. The summed E-state index contributed by atoms with van der Waals surface area (Å²) in [5.74, 6) is 0.961. The predicted molar refractivity (Wildman–Crippen MR) is 99.3 cm³/mol. The Kier molecular flexibility index (Phi) is 6.90. The lowest BCUT2D eigenvalue weighted by Gasteiger charge is -2.40. The number of benzene rings is 1. The highest BCUT2D eigenvalue weighted by molar-refractivity contribution is 5.77. The number of hydrogen-bond donors (Lipinski definition) is 4. The summed E-state index contributed by atoms with van der Waals surface area (Å²) in [6, 6.07) is 7.12. The molecule has 0 aliphatic carbocycles. The highest BCUT2D eigenvalue weighted by atomic mass is 16.7. The van der Waals surface area contributed by atoms with Crippen molar-refractivity contribution in [2.45, 2.75) is 63.4 Å². The average molecular weight is 395 g/mol. The van der Waals surface area contributed by atoms with Crippen molar-refractivity contribution in [1.29, 1.82) is 0 Å². The van der Waals surface area contributed by atoms with Crippen molar-refractivity contribution < 1.29 is 34.7 Å². The minimum Gasteiger partial charge on any atom is -0.462 e. The molecule has 2 heterocycles. The maximum atomic E-state index is 12.4. The standard InChI is InChI=1S/C20H29NO7/c1-2-12-7-8-21(16(23)9-12)10-13-5-3-4-6-14(13)27-20-19(26)18(25)17(24)15(11-22)28-20/h3-6,12,15,17-20,22,24-26H,2,7-11H2,1H3/t12?,15-,17-,18+,19-,20-/m1/s1. The van der Waals surface area contributed by atoms with Crippen molar-refractivity contribution in [2.75, 3.05) is 13.2 Å². The molecule has 3 rings (SSSR count). The molecule has 1 unspecified atom stereocenters. The van der Waals surface area contributed by atoms with Crippen LogP contribution in [0.3, 0.4) is 0 Å². The molecule has 0 aromatic heterocycles. The van der Waals surface area contributed by atoms with E-state index in [1.807, 2.05) is 12.1 Å².